The molecule has 0 aliphatic rings. The predicted octanol–water partition coefficient (Wildman–Crippen LogP) is 4.05. The molecule has 4 nitrogen and oxygen atoms in total. The van der Waals surface area contributed by atoms with Crippen molar-refractivity contribution in [3.63, 3.8) is 0 Å². The Kier molecular flexibility index (Phi) is 3.54. The Morgan fingerprint density at radius 3 is 2.60 bits per heavy atom. The summed E-state index contributed by atoms with van der Waals surface area (Å²) in [6.07, 6.45) is 3.61. The Labute approximate surface area is 129 Å². The van der Waals surface area contributed by atoms with E-state index in [0.29, 0.717) is 11.0 Å². The molecule has 0 aliphatic heterocycles. The first-order valence-electron chi connectivity index (χ1n) is 5.95. The molecule has 0 amide bonds. The fraction of sp³-hybridized carbons (Fsp3) is 0.0714. The number of hydrogen-bond donors (Lipinski definition) is 0. The summed E-state index contributed by atoms with van der Waals surface area (Å²) < 4.78 is 2.50. The molecule has 0 unspecified atom stereocenters. The van der Waals surface area contributed by atoms with Crippen molar-refractivity contribution in [3.8, 4) is 17.1 Å². The molecular formula is C14H10BrClN4. The molecule has 0 aliphatic carbocycles. The van der Waals surface area contributed by atoms with E-state index in [9.17, 15) is 0 Å². The van der Waals surface area contributed by atoms with Crippen LogP contribution in [0.5, 0.6) is 0 Å². The van der Waals surface area contributed by atoms with Gasteiger partial charge in [0, 0.05) is 6.20 Å². The molecule has 2 aromatic heterocycles. The summed E-state index contributed by atoms with van der Waals surface area (Å²) in [6.45, 7) is 1.88. The third-order valence-electron chi connectivity index (χ3n) is 2.84. The van der Waals surface area contributed by atoms with Crippen LogP contribution in [-0.2, 0) is 0 Å². The highest BCUT2D eigenvalue weighted by Crippen LogP contribution is 2.26. The molecule has 0 saturated carbocycles. The number of nitrogens with zero attached hydrogens (tertiary/aromatic N) is 4. The zero-order chi connectivity index (χ0) is 14.1. The normalized spacial score (nSPS) is 10.8. The Morgan fingerprint density at radius 2 is 1.90 bits per heavy atom. The number of aryl methyl sites for hydroxylation is 1. The molecular weight excluding hydrogens is 340 g/mol. The van der Waals surface area contributed by atoms with Crippen LogP contribution in [-0.4, -0.2) is 19.7 Å². The molecule has 0 saturated heterocycles. The Balaban J connectivity index is 2.03. The average molecular weight is 350 g/mol. The lowest BCUT2D eigenvalue weighted by atomic mass is 10.3. The van der Waals surface area contributed by atoms with Crippen LogP contribution in [0.3, 0.4) is 0 Å². The van der Waals surface area contributed by atoms with Gasteiger partial charge in [-0.25, -0.2) is 14.6 Å². The molecule has 6 heteroatoms. The van der Waals surface area contributed by atoms with Crippen LogP contribution in [0, 0.1) is 6.92 Å². The van der Waals surface area contributed by atoms with E-state index < -0.39 is 0 Å². The molecule has 0 atom stereocenters. The van der Waals surface area contributed by atoms with E-state index in [1.165, 1.54) is 0 Å². The zero-order valence-electron chi connectivity index (χ0n) is 10.6. The smallest absolute Gasteiger partial charge is 0.164 e. The summed E-state index contributed by atoms with van der Waals surface area (Å²) in [4.78, 5) is 8.68. The standard InChI is InChI=1S/C14H10BrClN4/c1-9-12(15)13(16)19-14(18-9)10-7-17-20(8-10)11-5-3-2-4-6-11/h2-8H,1H3. The molecule has 100 valence electrons. The van der Waals surface area contributed by atoms with Gasteiger partial charge in [0.05, 0.1) is 27.6 Å². The van der Waals surface area contributed by atoms with Gasteiger partial charge in [0.25, 0.3) is 0 Å². The Bertz CT molecular complexity index is 732. The van der Waals surface area contributed by atoms with Gasteiger partial charge in [0.1, 0.15) is 5.15 Å². The van der Waals surface area contributed by atoms with Crippen LogP contribution >= 0.6 is 27.5 Å². The minimum atomic E-state index is 0.403. The van der Waals surface area contributed by atoms with E-state index in [2.05, 4.69) is 31.0 Å². The number of para-hydroxylation sites is 1. The second-order valence-corrected chi connectivity index (χ2v) is 5.40. The molecule has 0 spiro atoms. The second kappa shape index (κ2) is 5.34. The van der Waals surface area contributed by atoms with Crippen LogP contribution in [0.4, 0.5) is 0 Å². The Morgan fingerprint density at radius 1 is 1.15 bits per heavy atom. The first kappa shape index (κ1) is 13.3. The molecule has 0 N–H and O–H groups in total. The molecule has 0 bridgehead atoms. The topological polar surface area (TPSA) is 43.6 Å². The van der Waals surface area contributed by atoms with Crippen molar-refractivity contribution < 1.29 is 0 Å². The number of aromatic nitrogens is 4. The summed E-state index contributed by atoms with van der Waals surface area (Å²) in [5, 5.41) is 4.73. The van der Waals surface area contributed by atoms with Crippen LogP contribution in [0.1, 0.15) is 5.69 Å². The number of halogens is 2. The van der Waals surface area contributed by atoms with Gasteiger partial charge in [-0.3, -0.25) is 0 Å². The van der Waals surface area contributed by atoms with Gasteiger partial charge in [0.2, 0.25) is 0 Å². The summed E-state index contributed by atoms with van der Waals surface area (Å²) >= 11 is 9.42. The van der Waals surface area contributed by atoms with Crippen molar-refractivity contribution in [2.75, 3.05) is 0 Å². The first-order valence-corrected chi connectivity index (χ1v) is 7.12. The minimum absolute atomic E-state index is 0.403. The largest absolute Gasteiger partial charge is 0.240 e. The maximum atomic E-state index is 6.07. The fourth-order valence-electron chi connectivity index (χ4n) is 1.81. The zero-order valence-corrected chi connectivity index (χ0v) is 12.9. The van der Waals surface area contributed by atoms with Crippen molar-refractivity contribution in [1.82, 2.24) is 19.7 Å². The third-order valence-corrected chi connectivity index (χ3v) is 4.29. The maximum Gasteiger partial charge on any atom is 0.164 e. The van der Waals surface area contributed by atoms with E-state index >= 15 is 0 Å². The van der Waals surface area contributed by atoms with Crippen molar-refractivity contribution >= 4 is 27.5 Å². The second-order valence-electron chi connectivity index (χ2n) is 4.25. The highest BCUT2D eigenvalue weighted by Gasteiger charge is 2.11. The fourth-order valence-corrected chi connectivity index (χ4v) is 2.21. The quantitative estimate of drug-likeness (QED) is 0.655. The van der Waals surface area contributed by atoms with Gasteiger partial charge in [-0.1, -0.05) is 29.8 Å². The highest BCUT2D eigenvalue weighted by atomic mass is 79.9. The van der Waals surface area contributed by atoms with Crippen molar-refractivity contribution in [2.24, 2.45) is 0 Å². The van der Waals surface area contributed by atoms with Gasteiger partial charge >= 0.3 is 0 Å². The monoisotopic (exact) mass is 348 g/mol. The summed E-state index contributed by atoms with van der Waals surface area (Å²) in [5.74, 6) is 0.567. The number of hydrogen-bond acceptors (Lipinski definition) is 3. The third kappa shape index (κ3) is 2.46. The van der Waals surface area contributed by atoms with Gasteiger partial charge in [-0.2, -0.15) is 5.10 Å². The highest BCUT2D eigenvalue weighted by molar-refractivity contribution is 9.10. The summed E-state index contributed by atoms with van der Waals surface area (Å²) in [7, 11) is 0. The van der Waals surface area contributed by atoms with Crippen LogP contribution in [0.25, 0.3) is 17.1 Å². The van der Waals surface area contributed by atoms with Crippen molar-refractivity contribution in [2.45, 2.75) is 6.92 Å². The van der Waals surface area contributed by atoms with Gasteiger partial charge in [0.15, 0.2) is 5.82 Å². The molecule has 1 aromatic carbocycles. The molecule has 0 radical (unpaired) electrons. The van der Waals surface area contributed by atoms with E-state index in [1.807, 2.05) is 43.5 Å². The Hall–Kier alpha value is -1.72. The number of benzene rings is 1. The first-order chi connectivity index (χ1) is 9.65. The lowest BCUT2D eigenvalue weighted by molar-refractivity contribution is 0.880. The van der Waals surface area contributed by atoms with E-state index in [-0.39, 0.29) is 0 Å². The van der Waals surface area contributed by atoms with Gasteiger partial charge in [-0.15, -0.1) is 0 Å². The summed E-state index contributed by atoms with van der Waals surface area (Å²) in [6, 6.07) is 9.87. The molecule has 2 heterocycles. The molecule has 3 rings (SSSR count). The average Bonchev–Trinajstić information content (AvgIpc) is 2.95. The van der Waals surface area contributed by atoms with Crippen molar-refractivity contribution in [3.05, 3.63) is 58.0 Å². The van der Waals surface area contributed by atoms with Crippen LogP contribution < -0.4 is 0 Å². The predicted molar refractivity (Wildman–Crippen MR) is 82.0 cm³/mol. The SMILES string of the molecule is Cc1nc(-c2cnn(-c3ccccc3)c2)nc(Cl)c1Br. The number of rotatable bonds is 2. The van der Waals surface area contributed by atoms with E-state index in [0.717, 1.165) is 21.4 Å². The minimum Gasteiger partial charge on any atom is -0.240 e. The molecule has 0 fully saturated rings. The maximum absolute atomic E-state index is 6.07. The lowest BCUT2D eigenvalue weighted by Gasteiger charge is -2.03. The summed E-state index contributed by atoms with van der Waals surface area (Å²) in [5.41, 5.74) is 2.61. The van der Waals surface area contributed by atoms with E-state index in [4.69, 9.17) is 11.6 Å². The van der Waals surface area contributed by atoms with Gasteiger partial charge < -0.3 is 0 Å². The van der Waals surface area contributed by atoms with E-state index in [1.54, 1.807) is 10.9 Å². The van der Waals surface area contributed by atoms with Gasteiger partial charge in [-0.05, 0) is 35.0 Å². The molecule has 20 heavy (non-hydrogen) atoms. The lowest BCUT2D eigenvalue weighted by Crippen LogP contribution is -1.94. The van der Waals surface area contributed by atoms with Crippen molar-refractivity contribution in [1.29, 1.82) is 0 Å². The molecule has 3 aromatic rings. The van der Waals surface area contributed by atoms with Crippen LogP contribution in [0.2, 0.25) is 5.15 Å². The van der Waals surface area contributed by atoms with Crippen LogP contribution in [0.15, 0.2) is 47.2 Å².